The van der Waals surface area contributed by atoms with Crippen molar-refractivity contribution in [3.63, 3.8) is 0 Å². The van der Waals surface area contributed by atoms with E-state index in [0.29, 0.717) is 5.75 Å². The van der Waals surface area contributed by atoms with Crippen LogP contribution < -0.4 is 11.1 Å². The maximum Gasteiger partial charge on any atom is 0.234 e. The van der Waals surface area contributed by atoms with Crippen molar-refractivity contribution in [2.24, 2.45) is 5.73 Å². The summed E-state index contributed by atoms with van der Waals surface area (Å²) in [5.41, 5.74) is 7.71. The molecule has 1 atom stereocenters. The standard InChI is InChI=1S/C13H18Br2N2OS/c1-3-9(16)6-19-7-12(18)17-13-10(14)4-8(2)5-11(13)15/h4-5,9H,3,6-7,16H2,1-2H3,(H,17,18). The van der Waals surface area contributed by atoms with Crippen LogP contribution in [0.5, 0.6) is 0 Å². The summed E-state index contributed by atoms with van der Waals surface area (Å²) in [5.74, 6) is 1.21. The number of carbonyl (C=O) groups is 1. The Morgan fingerprint density at radius 2 is 2.00 bits per heavy atom. The molecular weight excluding hydrogens is 392 g/mol. The molecule has 1 aromatic rings. The highest BCUT2D eigenvalue weighted by Crippen LogP contribution is 2.32. The van der Waals surface area contributed by atoms with Gasteiger partial charge < -0.3 is 11.1 Å². The number of nitrogens with one attached hydrogen (secondary N) is 1. The summed E-state index contributed by atoms with van der Waals surface area (Å²) in [6.07, 6.45) is 0.934. The van der Waals surface area contributed by atoms with Crippen LogP contribution in [0.15, 0.2) is 21.1 Å². The molecule has 3 N–H and O–H groups in total. The molecule has 0 aromatic heterocycles. The molecule has 106 valence electrons. The Hall–Kier alpha value is -0.0400. The predicted octanol–water partition coefficient (Wildman–Crippen LogP) is 3.93. The zero-order chi connectivity index (χ0) is 14.4. The van der Waals surface area contributed by atoms with Crippen LogP contribution in [0, 0.1) is 6.92 Å². The topological polar surface area (TPSA) is 55.1 Å². The largest absolute Gasteiger partial charge is 0.327 e. The lowest BCUT2D eigenvalue weighted by Gasteiger charge is -2.11. The maximum atomic E-state index is 11.9. The summed E-state index contributed by atoms with van der Waals surface area (Å²) in [4.78, 5) is 11.9. The fourth-order valence-corrected chi connectivity index (χ4v) is 3.94. The molecule has 0 aliphatic rings. The normalized spacial score (nSPS) is 12.3. The number of anilines is 1. The number of hydrogen-bond acceptors (Lipinski definition) is 3. The Morgan fingerprint density at radius 3 is 2.53 bits per heavy atom. The number of amides is 1. The minimum atomic E-state index is -0.0152. The van der Waals surface area contributed by atoms with E-state index in [0.717, 1.165) is 32.4 Å². The molecular formula is C13H18Br2N2OS. The van der Waals surface area contributed by atoms with E-state index < -0.39 is 0 Å². The fourth-order valence-electron chi connectivity index (χ4n) is 1.42. The Kier molecular flexibility index (Phi) is 7.42. The number of nitrogens with two attached hydrogens (primary N) is 1. The average Bonchev–Trinajstić information content (AvgIpc) is 2.33. The van der Waals surface area contributed by atoms with Crippen molar-refractivity contribution in [1.29, 1.82) is 0 Å². The Bertz CT molecular complexity index is 431. The fraction of sp³-hybridized carbons (Fsp3) is 0.462. The van der Waals surface area contributed by atoms with Crippen molar-refractivity contribution in [3.8, 4) is 0 Å². The van der Waals surface area contributed by atoms with Gasteiger partial charge in [0.25, 0.3) is 0 Å². The first kappa shape index (κ1) is 17.0. The Balaban J connectivity index is 2.53. The van der Waals surface area contributed by atoms with Gasteiger partial charge in [0.15, 0.2) is 0 Å². The molecule has 0 aliphatic carbocycles. The number of thioether (sulfide) groups is 1. The van der Waals surface area contributed by atoms with Crippen molar-refractivity contribution in [1.82, 2.24) is 0 Å². The molecule has 1 aromatic carbocycles. The summed E-state index contributed by atoms with van der Waals surface area (Å²) in [7, 11) is 0. The van der Waals surface area contributed by atoms with E-state index in [4.69, 9.17) is 5.73 Å². The first-order valence-corrected chi connectivity index (χ1v) is 8.77. The van der Waals surface area contributed by atoms with Gasteiger partial charge in [0, 0.05) is 20.7 Å². The average molecular weight is 410 g/mol. The smallest absolute Gasteiger partial charge is 0.234 e. The Morgan fingerprint density at radius 1 is 1.42 bits per heavy atom. The number of aryl methyl sites for hydroxylation is 1. The minimum Gasteiger partial charge on any atom is -0.327 e. The van der Waals surface area contributed by atoms with Gasteiger partial charge >= 0.3 is 0 Å². The van der Waals surface area contributed by atoms with Gasteiger partial charge in [-0.05, 0) is 62.9 Å². The van der Waals surface area contributed by atoms with E-state index in [9.17, 15) is 4.79 Å². The number of benzene rings is 1. The van der Waals surface area contributed by atoms with E-state index in [1.165, 1.54) is 0 Å². The second-order valence-electron chi connectivity index (χ2n) is 4.34. The molecule has 0 spiro atoms. The van der Waals surface area contributed by atoms with Crippen LogP contribution in [-0.4, -0.2) is 23.5 Å². The zero-order valence-electron chi connectivity index (χ0n) is 11.0. The predicted molar refractivity (Wildman–Crippen MR) is 90.8 cm³/mol. The van der Waals surface area contributed by atoms with Gasteiger partial charge in [-0.25, -0.2) is 0 Å². The van der Waals surface area contributed by atoms with Gasteiger partial charge in [0.2, 0.25) is 5.91 Å². The van der Waals surface area contributed by atoms with Gasteiger partial charge in [-0.1, -0.05) is 6.92 Å². The summed E-state index contributed by atoms with van der Waals surface area (Å²) in [5, 5.41) is 2.90. The van der Waals surface area contributed by atoms with Crippen LogP contribution >= 0.6 is 43.6 Å². The second-order valence-corrected chi connectivity index (χ2v) is 7.07. The van der Waals surface area contributed by atoms with Crippen LogP contribution in [0.2, 0.25) is 0 Å². The van der Waals surface area contributed by atoms with E-state index in [1.807, 2.05) is 26.0 Å². The van der Waals surface area contributed by atoms with Gasteiger partial charge in [-0.2, -0.15) is 11.8 Å². The monoisotopic (exact) mass is 408 g/mol. The molecule has 0 heterocycles. The van der Waals surface area contributed by atoms with E-state index in [-0.39, 0.29) is 11.9 Å². The highest BCUT2D eigenvalue weighted by Gasteiger charge is 2.10. The van der Waals surface area contributed by atoms with Crippen molar-refractivity contribution >= 4 is 55.2 Å². The summed E-state index contributed by atoms with van der Waals surface area (Å²) in [6, 6.07) is 4.11. The third-order valence-electron chi connectivity index (χ3n) is 2.54. The molecule has 0 aliphatic heterocycles. The van der Waals surface area contributed by atoms with Gasteiger partial charge in [0.05, 0.1) is 11.4 Å². The third-order valence-corrected chi connectivity index (χ3v) is 4.92. The van der Waals surface area contributed by atoms with Crippen molar-refractivity contribution in [2.45, 2.75) is 26.3 Å². The summed E-state index contributed by atoms with van der Waals surface area (Å²) >= 11 is 8.48. The quantitative estimate of drug-likeness (QED) is 0.748. The van der Waals surface area contributed by atoms with E-state index in [2.05, 4.69) is 37.2 Å². The first-order chi connectivity index (χ1) is 8.93. The molecule has 0 saturated carbocycles. The molecule has 19 heavy (non-hydrogen) atoms. The number of carbonyl (C=O) groups excluding carboxylic acids is 1. The lowest BCUT2D eigenvalue weighted by molar-refractivity contribution is -0.113. The lowest BCUT2D eigenvalue weighted by atomic mass is 10.2. The van der Waals surface area contributed by atoms with Gasteiger partial charge in [-0.3, -0.25) is 4.79 Å². The number of halogens is 2. The van der Waals surface area contributed by atoms with Crippen LogP contribution in [0.4, 0.5) is 5.69 Å². The first-order valence-electron chi connectivity index (χ1n) is 6.02. The molecule has 3 nitrogen and oxygen atoms in total. The maximum absolute atomic E-state index is 11.9. The summed E-state index contributed by atoms with van der Waals surface area (Å²) in [6.45, 7) is 4.05. The van der Waals surface area contributed by atoms with E-state index >= 15 is 0 Å². The van der Waals surface area contributed by atoms with Crippen molar-refractivity contribution < 1.29 is 4.79 Å². The molecule has 6 heteroatoms. The van der Waals surface area contributed by atoms with Crippen molar-refractivity contribution in [2.75, 3.05) is 16.8 Å². The molecule has 0 fully saturated rings. The SMILES string of the molecule is CCC(N)CSCC(=O)Nc1c(Br)cc(C)cc1Br. The van der Waals surface area contributed by atoms with Crippen LogP contribution in [0.25, 0.3) is 0 Å². The van der Waals surface area contributed by atoms with Crippen LogP contribution in [0.1, 0.15) is 18.9 Å². The third kappa shape index (κ3) is 5.85. The zero-order valence-corrected chi connectivity index (χ0v) is 15.0. The number of rotatable bonds is 6. The molecule has 0 bridgehead atoms. The lowest BCUT2D eigenvalue weighted by Crippen LogP contribution is -2.23. The molecule has 0 radical (unpaired) electrons. The van der Waals surface area contributed by atoms with Crippen LogP contribution in [-0.2, 0) is 4.79 Å². The molecule has 1 rings (SSSR count). The van der Waals surface area contributed by atoms with E-state index in [1.54, 1.807) is 11.8 Å². The van der Waals surface area contributed by atoms with Crippen LogP contribution in [0.3, 0.4) is 0 Å². The second kappa shape index (κ2) is 8.29. The molecule has 0 saturated heterocycles. The minimum absolute atomic E-state index is 0.0152. The molecule has 1 amide bonds. The van der Waals surface area contributed by atoms with Gasteiger partial charge in [0.1, 0.15) is 0 Å². The highest BCUT2D eigenvalue weighted by atomic mass is 79.9. The van der Waals surface area contributed by atoms with Crippen molar-refractivity contribution in [3.05, 3.63) is 26.6 Å². The molecule has 1 unspecified atom stereocenters. The summed E-state index contributed by atoms with van der Waals surface area (Å²) < 4.78 is 1.76. The number of hydrogen-bond donors (Lipinski definition) is 2. The highest BCUT2D eigenvalue weighted by molar-refractivity contribution is 9.11. The Labute approximate surface area is 135 Å². The van der Waals surface area contributed by atoms with Gasteiger partial charge in [-0.15, -0.1) is 0 Å².